The zero-order valence-electron chi connectivity index (χ0n) is 20.4. The van der Waals surface area contributed by atoms with Crippen LogP contribution in [0.15, 0.2) is 66.7 Å². The van der Waals surface area contributed by atoms with Crippen LogP contribution in [-0.2, 0) is 11.4 Å². The van der Waals surface area contributed by atoms with Crippen molar-refractivity contribution in [2.45, 2.75) is 46.1 Å². The summed E-state index contributed by atoms with van der Waals surface area (Å²) in [5.74, 6) is 0.956. The number of carboxylic acid groups (broad SMARTS) is 1. The van der Waals surface area contributed by atoms with E-state index in [1.807, 2.05) is 67.6 Å². The van der Waals surface area contributed by atoms with Gasteiger partial charge in [-0.1, -0.05) is 63.6 Å². The molecule has 0 aromatic heterocycles. The summed E-state index contributed by atoms with van der Waals surface area (Å²) in [6.45, 7) is 6.83. The van der Waals surface area contributed by atoms with Gasteiger partial charge in [0.15, 0.2) is 0 Å². The van der Waals surface area contributed by atoms with Crippen LogP contribution in [0.25, 0.3) is 11.1 Å². The maximum absolute atomic E-state index is 11.4. The average molecular weight is 463 g/mol. The number of benzene rings is 3. The molecule has 2 atom stereocenters. The van der Waals surface area contributed by atoms with Crippen LogP contribution >= 0.6 is 0 Å². The minimum Gasteiger partial charge on any atom is -0.497 e. The van der Waals surface area contributed by atoms with Crippen molar-refractivity contribution in [1.82, 2.24) is 0 Å². The van der Waals surface area contributed by atoms with Gasteiger partial charge in [-0.05, 0) is 59.4 Å². The van der Waals surface area contributed by atoms with E-state index in [9.17, 15) is 9.90 Å². The van der Waals surface area contributed by atoms with E-state index in [2.05, 4.69) is 13.0 Å². The van der Waals surface area contributed by atoms with Gasteiger partial charge in [-0.25, -0.2) is 0 Å². The zero-order valence-corrected chi connectivity index (χ0v) is 20.4. The topological polar surface area (TPSA) is 65.0 Å². The van der Waals surface area contributed by atoms with Crippen LogP contribution < -0.4 is 14.2 Å². The molecular weight excluding hydrogens is 428 g/mol. The van der Waals surface area contributed by atoms with E-state index in [4.69, 9.17) is 14.2 Å². The Bertz CT molecular complexity index is 1090. The van der Waals surface area contributed by atoms with E-state index in [-0.39, 0.29) is 5.92 Å². The maximum Gasteiger partial charge on any atom is 0.306 e. The molecule has 180 valence electrons. The number of ether oxygens (including phenoxy) is 3. The van der Waals surface area contributed by atoms with E-state index >= 15 is 0 Å². The number of unbranched alkanes of at least 4 members (excludes halogenated alkanes) is 1. The lowest BCUT2D eigenvalue weighted by Gasteiger charge is -2.18. The summed E-state index contributed by atoms with van der Waals surface area (Å²) in [4.78, 5) is 11.4. The Labute approximate surface area is 202 Å². The number of aliphatic carboxylic acids is 1. The van der Waals surface area contributed by atoms with Crippen molar-refractivity contribution >= 4 is 5.97 Å². The highest BCUT2D eigenvalue weighted by molar-refractivity contribution is 5.72. The molecule has 5 nitrogen and oxygen atoms in total. The second-order valence-electron chi connectivity index (χ2n) is 8.54. The number of rotatable bonds is 12. The van der Waals surface area contributed by atoms with Gasteiger partial charge in [-0.3, -0.25) is 4.79 Å². The SMILES string of the molecule is CCCCOc1cc(COc2cccc([C@@H](C)C(C)C(=O)O)c2)ccc1-c1cccc(OC)c1. The molecule has 0 aliphatic rings. The van der Waals surface area contributed by atoms with Crippen molar-refractivity contribution in [1.29, 1.82) is 0 Å². The van der Waals surface area contributed by atoms with E-state index < -0.39 is 11.9 Å². The van der Waals surface area contributed by atoms with Crippen molar-refractivity contribution in [2.24, 2.45) is 5.92 Å². The molecule has 3 aromatic carbocycles. The summed E-state index contributed by atoms with van der Waals surface area (Å²) in [6.07, 6.45) is 2.05. The standard InChI is InChI=1S/C29H34O5/c1-5-6-15-33-28-16-22(13-14-27(28)24-10-8-11-25(18-24)32-4)19-34-26-12-7-9-23(17-26)20(2)21(3)29(30)31/h7-14,16-18,20-21H,5-6,15,19H2,1-4H3,(H,30,31)/t20-,21?/m0/s1. The molecule has 3 rings (SSSR count). The molecule has 0 radical (unpaired) electrons. The predicted molar refractivity (Wildman–Crippen MR) is 135 cm³/mol. The van der Waals surface area contributed by atoms with Crippen LogP contribution in [0.2, 0.25) is 0 Å². The van der Waals surface area contributed by atoms with Gasteiger partial charge < -0.3 is 19.3 Å². The van der Waals surface area contributed by atoms with Gasteiger partial charge in [0.25, 0.3) is 0 Å². The Balaban J connectivity index is 1.79. The number of methoxy groups -OCH3 is 1. The molecule has 0 fully saturated rings. The highest BCUT2D eigenvalue weighted by atomic mass is 16.5. The third-order valence-electron chi connectivity index (χ3n) is 6.11. The van der Waals surface area contributed by atoms with Gasteiger partial charge in [-0.2, -0.15) is 0 Å². The Morgan fingerprint density at radius 3 is 2.44 bits per heavy atom. The lowest BCUT2D eigenvalue weighted by molar-refractivity contribution is -0.141. The first-order chi connectivity index (χ1) is 16.4. The second kappa shape index (κ2) is 12.1. The third-order valence-corrected chi connectivity index (χ3v) is 6.11. The molecule has 0 saturated carbocycles. The lowest BCUT2D eigenvalue weighted by Crippen LogP contribution is -2.16. The van der Waals surface area contributed by atoms with Crippen molar-refractivity contribution < 1.29 is 24.1 Å². The fraction of sp³-hybridized carbons (Fsp3) is 0.345. The summed E-state index contributed by atoms with van der Waals surface area (Å²) >= 11 is 0. The Morgan fingerprint density at radius 2 is 1.71 bits per heavy atom. The summed E-state index contributed by atoms with van der Waals surface area (Å²) in [5.41, 5.74) is 3.99. The van der Waals surface area contributed by atoms with E-state index in [1.165, 1.54) is 0 Å². The normalized spacial score (nSPS) is 12.6. The lowest BCUT2D eigenvalue weighted by atomic mass is 9.89. The molecule has 1 unspecified atom stereocenters. The molecule has 0 bridgehead atoms. The zero-order chi connectivity index (χ0) is 24.5. The van der Waals surface area contributed by atoms with Crippen LogP contribution in [0.5, 0.6) is 17.2 Å². The Morgan fingerprint density at radius 1 is 0.941 bits per heavy atom. The van der Waals surface area contributed by atoms with Gasteiger partial charge in [-0.15, -0.1) is 0 Å². The smallest absolute Gasteiger partial charge is 0.306 e. The van der Waals surface area contributed by atoms with Crippen LogP contribution in [0, 0.1) is 5.92 Å². The molecule has 0 spiro atoms. The highest BCUT2D eigenvalue weighted by Crippen LogP contribution is 2.34. The van der Waals surface area contributed by atoms with Crippen molar-refractivity contribution in [2.75, 3.05) is 13.7 Å². The average Bonchev–Trinajstić information content (AvgIpc) is 2.87. The summed E-state index contributed by atoms with van der Waals surface area (Å²) < 4.78 is 17.6. The van der Waals surface area contributed by atoms with Crippen molar-refractivity contribution in [3.05, 3.63) is 77.9 Å². The van der Waals surface area contributed by atoms with Crippen LogP contribution in [0.4, 0.5) is 0 Å². The van der Waals surface area contributed by atoms with E-state index in [0.717, 1.165) is 46.6 Å². The fourth-order valence-corrected chi connectivity index (χ4v) is 3.69. The third kappa shape index (κ3) is 6.53. The number of carboxylic acids is 1. The largest absolute Gasteiger partial charge is 0.497 e. The molecule has 3 aromatic rings. The Kier molecular flexibility index (Phi) is 8.97. The molecular formula is C29H34O5. The molecule has 0 heterocycles. The molecule has 0 amide bonds. The van der Waals surface area contributed by atoms with Crippen LogP contribution in [0.1, 0.15) is 50.7 Å². The highest BCUT2D eigenvalue weighted by Gasteiger charge is 2.21. The molecule has 34 heavy (non-hydrogen) atoms. The number of hydrogen-bond acceptors (Lipinski definition) is 4. The molecule has 1 N–H and O–H groups in total. The number of hydrogen-bond donors (Lipinski definition) is 1. The minimum absolute atomic E-state index is 0.109. The van der Waals surface area contributed by atoms with Crippen LogP contribution in [-0.4, -0.2) is 24.8 Å². The molecule has 0 aliphatic heterocycles. The molecule has 0 saturated heterocycles. The number of carbonyl (C=O) groups is 1. The quantitative estimate of drug-likeness (QED) is 0.295. The summed E-state index contributed by atoms with van der Waals surface area (Å²) in [7, 11) is 1.66. The van der Waals surface area contributed by atoms with E-state index in [1.54, 1.807) is 14.0 Å². The van der Waals surface area contributed by atoms with Gasteiger partial charge in [0.1, 0.15) is 23.9 Å². The van der Waals surface area contributed by atoms with E-state index in [0.29, 0.717) is 19.0 Å². The predicted octanol–water partition coefficient (Wildman–Crippen LogP) is 6.94. The first-order valence-electron chi connectivity index (χ1n) is 11.8. The monoisotopic (exact) mass is 462 g/mol. The summed E-state index contributed by atoms with van der Waals surface area (Å²) in [6, 6.07) is 21.7. The maximum atomic E-state index is 11.4. The first-order valence-corrected chi connectivity index (χ1v) is 11.8. The summed E-state index contributed by atoms with van der Waals surface area (Å²) in [5, 5.41) is 9.32. The van der Waals surface area contributed by atoms with Gasteiger partial charge in [0.2, 0.25) is 0 Å². The van der Waals surface area contributed by atoms with Gasteiger partial charge in [0.05, 0.1) is 19.6 Å². The second-order valence-corrected chi connectivity index (χ2v) is 8.54. The first kappa shape index (κ1) is 25.2. The van der Waals surface area contributed by atoms with Gasteiger partial charge >= 0.3 is 5.97 Å². The van der Waals surface area contributed by atoms with Crippen molar-refractivity contribution in [3.63, 3.8) is 0 Å². The van der Waals surface area contributed by atoms with Gasteiger partial charge in [0, 0.05) is 5.56 Å². The Hall–Kier alpha value is -3.47. The van der Waals surface area contributed by atoms with Crippen molar-refractivity contribution in [3.8, 4) is 28.4 Å². The molecule has 5 heteroatoms. The van der Waals surface area contributed by atoms with Crippen LogP contribution in [0.3, 0.4) is 0 Å². The molecule has 0 aliphatic carbocycles. The minimum atomic E-state index is -0.800. The fourth-order valence-electron chi connectivity index (χ4n) is 3.69.